The van der Waals surface area contributed by atoms with E-state index < -0.39 is 23.8 Å². The molecule has 0 saturated carbocycles. The van der Waals surface area contributed by atoms with Crippen LogP contribution in [0, 0.1) is 0 Å². The number of hydrogen-bond donors (Lipinski definition) is 5. The third kappa shape index (κ3) is 8.81. The molecule has 0 fully saturated rings. The van der Waals surface area contributed by atoms with Crippen molar-refractivity contribution < 1.29 is 19.8 Å². The van der Waals surface area contributed by atoms with Crippen LogP contribution in [0.15, 0.2) is 0 Å². The van der Waals surface area contributed by atoms with Gasteiger partial charge in [0, 0.05) is 6.42 Å². The normalized spacial score (nSPS) is 14.2. The molecule has 20 heavy (non-hydrogen) atoms. The van der Waals surface area contributed by atoms with E-state index in [0.717, 1.165) is 0 Å². The predicted octanol–water partition coefficient (Wildman–Crippen LogP) is -0.301. The molecule has 0 bridgehead atoms. The van der Waals surface area contributed by atoms with E-state index in [1.54, 1.807) is 0 Å². The van der Waals surface area contributed by atoms with Gasteiger partial charge < -0.3 is 21.7 Å². The minimum atomic E-state index is -1.51. The molecule has 0 saturated heterocycles. The van der Waals surface area contributed by atoms with Crippen molar-refractivity contribution in [2.45, 2.75) is 56.8 Å². The number of aliphatic carboxylic acids is 2. The molecule has 1 unspecified atom stereocenters. The summed E-state index contributed by atoms with van der Waals surface area (Å²) in [6.45, 7) is 0.412. The molecule has 117 valence electrons. The largest absolute Gasteiger partial charge is 0.481 e. The van der Waals surface area contributed by atoms with Crippen molar-refractivity contribution in [2.24, 2.45) is 11.5 Å². The molecule has 0 aromatic rings. The number of nitrogens with two attached hydrogens (primary N) is 2. The molecule has 0 aromatic heterocycles. The molecular formula is C12H25N4O4. The highest BCUT2D eigenvalue weighted by molar-refractivity contribution is 5.77. The SMILES string of the molecule is [NH]C(N)CCC[C@](N)(NCCCCCC(=O)O)C(=O)O. The molecule has 8 N–H and O–H groups in total. The second-order valence-electron chi connectivity index (χ2n) is 4.91. The van der Waals surface area contributed by atoms with Crippen molar-refractivity contribution in [1.82, 2.24) is 11.1 Å². The standard InChI is InChI=1S/C12H25N4O4/c13-9(14)5-4-7-12(15,11(19)20)16-8-3-1-2-6-10(17)18/h9,13,16H,1-8,14-15H2,(H,17,18)(H,19,20)/t9?,12-/m0/s1. The molecule has 2 atom stereocenters. The number of carbonyl (C=O) groups is 2. The van der Waals surface area contributed by atoms with Gasteiger partial charge >= 0.3 is 11.9 Å². The Labute approximate surface area is 118 Å². The van der Waals surface area contributed by atoms with E-state index in [1.165, 1.54) is 0 Å². The van der Waals surface area contributed by atoms with Crippen molar-refractivity contribution in [2.75, 3.05) is 6.54 Å². The van der Waals surface area contributed by atoms with Gasteiger partial charge in [0.25, 0.3) is 0 Å². The Morgan fingerprint density at radius 3 is 2.35 bits per heavy atom. The summed E-state index contributed by atoms with van der Waals surface area (Å²) in [5.74, 6) is -1.97. The van der Waals surface area contributed by atoms with Crippen LogP contribution in [0.1, 0.15) is 44.9 Å². The highest BCUT2D eigenvalue weighted by Crippen LogP contribution is 2.10. The number of carboxylic acids is 2. The van der Waals surface area contributed by atoms with E-state index in [-0.39, 0.29) is 12.8 Å². The Morgan fingerprint density at radius 1 is 1.20 bits per heavy atom. The molecule has 0 aliphatic heterocycles. The summed E-state index contributed by atoms with van der Waals surface area (Å²) >= 11 is 0. The zero-order chi connectivity index (χ0) is 15.6. The van der Waals surface area contributed by atoms with Gasteiger partial charge in [-0.1, -0.05) is 6.42 Å². The molecule has 0 aliphatic rings. The van der Waals surface area contributed by atoms with Crippen LogP contribution in [0.3, 0.4) is 0 Å². The maximum Gasteiger partial charge on any atom is 0.338 e. The molecule has 0 amide bonds. The molecule has 0 heterocycles. The van der Waals surface area contributed by atoms with Crippen LogP contribution < -0.4 is 22.5 Å². The van der Waals surface area contributed by atoms with E-state index in [0.29, 0.717) is 38.6 Å². The third-order valence-electron chi connectivity index (χ3n) is 2.98. The molecule has 0 aromatic carbocycles. The van der Waals surface area contributed by atoms with Crippen molar-refractivity contribution in [1.29, 1.82) is 0 Å². The van der Waals surface area contributed by atoms with Crippen LogP contribution in [0.5, 0.6) is 0 Å². The topological polar surface area (TPSA) is 162 Å². The smallest absolute Gasteiger partial charge is 0.338 e. The lowest BCUT2D eigenvalue weighted by molar-refractivity contribution is -0.145. The second-order valence-corrected chi connectivity index (χ2v) is 4.91. The van der Waals surface area contributed by atoms with Crippen molar-refractivity contribution in [3.8, 4) is 0 Å². The zero-order valence-corrected chi connectivity index (χ0v) is 11.6. The van der Waals surface area contributed by atoms with E-state index in [9.17, 15) is 9.59 Å². The van der Waals surface area contributed by atoms with E-state index >= 15 is 0 Å². The Hall–Kier alpha value is -1.22. The van der Waals surface area contributed by atoms with Gasteiger partial charge in [0.15, 0.2) is 5.66 Å². The first kappa shape index (κ1) is 18.8. The van der Waals surface area contributed by atoms with Crippen LogP contribution in [-0.4, -0.2) is 40.5 Å². The van der Waals surface area contributed by atoms with Gasteiger partial charge in [-0.05, 0) is 38.6 Å². The lowest BCUT2D eigenvalue weighted by Gasteiger charge is -2.26. The zero-order valence-electron chi connectivity index (χ0n) is 11.6. The Balaban J connectivity index is 3.94. The number of carboxylic acid groups (broad SMARTS) is 2. The van der Waals surface area contributed by atoms with E-state index in [1.807, 2.05) is 0 Å². The maximum absolute atomic E-state index is 11.2. The van der Waals surface area contributed by atoms with E-state index in [2.05, 4.69) is 5.32 Å². The van der Waals surface area contributed by atoms with Crippen molar-refractivity contribution >= 4 is 11.9 Å². The number of nitrogens with one attached hydrogen (secondary N) is 2. The fourth-order valence-electron chi connectivity index (χ4n) is 1.76. The molecular weight excluding hydrogens is 264 g/mol. The summed E-state index contributed by atoms with van der Waals surface area (Å²) < 4.78 is 0. The van der Waals surface area contributed by atoms with Gasteiger partial charge in [-0.15, -0.1) is 0 Å². The summed E-state index contributed by atoms with van der Waals surface area (Å²) in [5.41, 5.74) is 16.7. The Bertz CT molecular complexity index is 312. The number of rotatable bonds is 12. The molecule has 1 radical (unpaired) electrons. The second kappa shape index (κ2) is 9.65. The van der Waals surface area contributed by atoms with Crippen LogP contribution >= 0.6 is 0 Å². The van der Waals surface area contributed by atoms with Gasteiger partial charge in [0.2, 0.25) is 0 Å². The highest BCUT2D eigenvalue weighted by Gasteiger charge is 2.32. The van der Waals surface area contributed by atoms with Crippen molar-refractivity contribution in [3.63, 3.8) is 0 Å². The lowest BCUT2D eigenvalue weighted by Crippen LogP contribution is -2.60. The van der Waals surface area contributed by atoms with Gasteiger partial charge in [-0.3, -0.25) is 10.1 Å². The first-order chi connectivity index (χ1) is 9.28. The monoisotopic (exact) mass is 289 g/mol. The Kier molecular flexibility index (Phi) is 9.06. The quantitative estimate of drug-likeness (QED) is 0.243. The number of hydrogen-bond acceptors (Lipinski definition) is 5. The summed E-state index contributed by atoms with van der Waals surface area (Å²) in [7, 11) is 0. The fraction of sp³-hybridized carbons (Fsp3) is 0.833. The summed E-state index contributed by atoms with van der Waals surface area (Å²) in [5, 5.41) is 20.4. The molecule has 0 spiro atoms. The summed E-state index contributed by atoms with van der Waals surface area (Å²) in [4.78, 5) is 21.5. The van der Waals surface area contributed by atoms with Gasteiger partial charge in [0.1, 0.15) is 0 Å². The maximum atomic E-state index is 11.2. The van der Waals surface area contributed by atoms with Gasteiger partial charge in [0.05, 0.1) is 6.17 Å². The average Bonchev–Trinajstić information content (AvgIpc) is 2.32. The fourth-order valence-corrected chi connectivity index (χ4v) is 1.76. The molecule has 0 rings (SSSR count). The molecule has 8 nitrogen and oxygen atoms in total. The Morgan fingerprint density at radius 2 is 1.85 bits per heavy atom. The van der Waals surface area contributed by atoms with Gasteiger partial charge in [-0.25, -0.2) is 10.5 Å². The highest BCUT2D eigenvalue weighted by atomic mass is 16.4. The predicted molar refractivity (Wildman–Crippen MR) is 73.6 cm³/mol. The summed E-state index contributed by atoms with van der Waals surface area (Å²) in [6.07, 6.45) is 2.38. The first-order valence-corrected chi connectivity index (χ1v) is 6.74. The van der Waals surface area contributed by atoms with Crippen LogP contribution in [-0.2, 0) is 9.59 Å². The van der Waals surface area contributed by atoms with Crippen LogP contribution in [0.2, 0.25) is 0 Å². The molecule has 0 aliphatic carbocycles. The average molecular weight is 289 g/mol. The minimum Gasteiger partial charge on any atom is -0.481 e. The summed E-state index contributed by atoms with van der Waals surface area (Å²) in [6, 6.07) is 0. The minimum absolute atomic E-state index is 0.119. The first-order valence-electron chi connectivity index (χ1n) is 6.74. The van der Waals surface area contributed by atoms with Gasteiger partial charge in [-0.2, -0.15) is 0 Å². The molecule has 8 heteroatoms. The lowest BCUT2D eigenvalue weighted by atomic mass is 10.0. The van der Waals surface area contributed by atoms with Crippen LogP contribution in [0.25, 0.3) is 0 Å². The third-order valence-corrected chi connectivity index (χ3v) is 2.98. The van der Waals surface area contributed by atoms with E-state index in [4.69, 9.17) is 27.4 Å². The number of unbranched alkanes of at least 4 members (excludes halogenated alkanes) is 2. The van der Waals surface area contributed by atoms with Crippen molar-refractivity contribution in [3.05, 3.63) is 0 Å². The van der Waals surface area contributed by atoms with Crippen LogP contribution in [0.4, 0.5) is 0 Å².